The first kappa shape index (κ1) is 14.1. The largest absolute Gasteiger partial charge is 0.469 e. The third-order valence-electron chi connectivity index (χ3n) is 2.46. The van der Waals surface area contributed by atoms with Gasteiger partial charge >= 0.3 is 5.97 Å². The van der Waals surface area contributed by atoms with E-state index in [-0.39, 0.29) is 11.2 Å². The molecule has 1 atom stereocenters. The fraction of sp³-hybridized carbons (Fsp3) is 0.667. The zero-order valence-electron chi connectivity index (χ0n) is 10.7. The second-order valence-electron chi connectivity index (χ2n) is 3.98. The fourth-order valence-electron chi connectivity index (χ4n) is 1.52. The lowest BCUT2D eigenvalue weighted by Crippen LogP contribution is -2.09. The van der Waals surface area contributed by atoms with E-state index in [4.69, 9.17) is 0 Å². The Kier molecular flexibility index (Phi) is 6.11. The third-order valence-corrected chi connectivity index (χ3v) is 3.66. The van der Waals surface area contributed by atoms with E-state index in [0.717, 1.165) is 18.7 Å². The zero-order valence-corrected chi connectivity index (χ0v) is 11.5. The summed E-state index contributed by atoms with van der Waals surface area (Å²) < 4.78 is 6.81. The van der Waals surface area contributed by atoms with Gasteiger partial charge in [0, 0.05) is 29.4 Å². The maximum Gasteiger partial charge on any atom is 0.306 e. The van der Waals surface area contributed by atoms with Crippen molar-refractivity contribution in [3.8, 4) is 0 Å². The summed E-state index contributed by atoms with van der Waals surface area (Å²) in [5.41, 5.74) is 1.22. The molecule has 0 radical (unpaired) electrons. The number of hydrogen-bond donors (Lipinski definition) is 0. The lowest BCUT2D eigenvalue weighted by Gasteiger charge is -2.11. The van der Waals surface area contributed by atoms with Crippen LogP contribution in [-0.2, 0) is 21.8 Å². The molecular formula is C12H20N2O2S. The molecule has 17 heavy (non-hydrogen) atoms. The Balaban J connectivity index is 2.38. The van der Waals surface area contributed by atoms with Crippen LogP contribution in [0.1, 0.15) is 32.4 Å². The predicted molar refractivity (Wildman–Crippen MR) is 69.9 cm³/mol. The molecule has 0 spiro atoms. The molecule has 0 aliphatic rings. The molecule has 0 saturated heterocycles. The Hall–Kier alpha value is -0.970. The molecule has 5 heteroatoms. The number of imidazole rings is 1. The molecule has 0 saturated carbocycles. The lowest BCUT2D eigenvalue weighted by atomic mass is 10.3. The summed E-state index contributed by atoms with van der Waals surface area (Å²) in [6, 6.07) is 0. The quantitative estimate of drug-likeness (QED) is 0.703. The van der Waals surface area contributed by atoms with E-state index < -0.39 is 0 Å². The maximum atomic E-state index is 11.1. The van der Waals surface area contributed by atoms with Crippen LogP contribution in [0.4, 0.5) is 0 Å². The second-order valence-corrected chi connectivity index (χ2v) is 5.41. The molecule has 0 fully saturated rings. The number of esters is 1. The Morgan fingerprint density at radius 1 is 1.65 bits per heavy atom. The van der Waals surface area contributed by atoms with Crippen molar-refractivity contribution < 1.29 is 9.53 Å². The van der Waals surface area contributed by atoms with Crippen LogP contribution < -0.4 is 0 Å². The van der Waals surface area contributed by atoms with Crippen molar-refractivity contribution >= 4 is 17.7 Å². The van der Waals surface area contributed by atoms with E-state index >= 15 is 0 Å². The van der Waals surface area contributed by atoms with Crippen molar-refractivity contribution in [2.75, 3.05) is 7.11 Å². The van der Waals surface area contributed by atoms with Crippen molar-refractivity contribution in [1.82, 2.24) is 9.55 Å². The van der Waals surface area contributed by atoms with Gasteiger partial charge in [-0.3, -0.25) is 4.79 Å². The molecule has 0 aliphatic carbocycles. The lowest BCUT2D eigenvalue weighted by molar-refractivity contribution is -0.140. The summed E-state index contributed by atoms with van der Waals surface area (Å²) in [4.78, 5) is 15.3. The van der Waals surface area contributed by atoms with E-state index in [1.807, 2.05) is 19.4 Å². The minimum Gasteiger partial charge on any atom is -0.469 e. The highest BCUT2D eigenvalue weighted by atomic mass is 32.2. The van der Waals surface area contributed by atoms with Crippen LogP contribution in [-0.4, -0.2) is 27.9 Å². The van der Waals surface area contributed by atoms with Gasteiger partial charge < -0.3 is 9.30 Å². The number of carbonyl (C=O) groups excluding carboxylic acids is 1. The van der Waals surface area contributed by atoms with Gasteiger partial charge in [-0.15, -0.1) is 0 Å². The molecule has 0 aromatic carbocycles. The SMILES string of the molecule is CCCn1cncc1CSC(C)CC(=O)OC. The van der Waals surface area contributed by atoms with Gasteiger partial charge in [0.15, 0.2) is 0 Å². The van der Waals surface area contributed by atoms with Crippen LogP contribution in [0, 0.1) is 0 Å². The molecule has 0 N–H and O–H groups in total. The molecule has 1 aromatic heterocycles. The first-order valence-electron chi connectivity index (χ1n) is 5.84. The molecule has 1 heterocycles. The van der Waals surface area contributed by atoms with Crippen molar-refractivity contribution in [3.05, 3.63) is 18.2 Å². The molecule has 4 nitrogen and oxygen atoms in total. The Morgan fingerprint density at radius 2 is 2.41 bits per heavy atom. The summed E-state index contributed by atoms with van der Waals surface area (Å²) in [5, 5.41) is 0.271. The average molecular weight is 256 g/mol. The monoisotopic (exact) mass is 256 g/mol. The smallest absolute Gasteiger partial charge is 0.306 e. The number of aromatic nitrogens is 2. The Bertz CT molecular complexity index is 352. The first-order valence-corrected chi connectivity index (χ1v) is 6.89. The normalized spacial score (nSPS) is 12.4. The van der Waals surface area contributed by atoms with Gasteiger partial charge in [-0.1, -0.05) is 13.8 Å². The summed E-state index contributed by atoms with van der Waals surface area (Å²) >= 11 is 1.76. The second kappa shape index (κ2) is 7.37. The van der Waals surface area contributed by atoms with Gasteiger partial charge in [0.25, 0.3) is 0 Å². The van der Waals surface area contributed by atoms with Crippen molar-refractivity contribution in [2.24, 2.45) is 0 Å². The van der Waals surface area contributed by atoms with E-state index in [1.54, 1.807) is 11.8 Å². The van der Waals surface area contributed by atoms with Crippen molar-refractivity contribution in [1.29, 1.82) is 0 Å². The highest BCUT2D eigenvalue weighted by Gasteiger charge is 2.11. The number of aryl methyl sites for hydroxylation is 1. The summed E-state index contributed by atoms with van der Waals surface area (Å²) in [6.07, 6.45) is 5.33. The van der Waals surface area contributed by atoms with Crippen LogP contribution in [0.2, 0.25) is 0 Å². The van der Waals surface area contributed by atoms with Crippen molar-refractivity contribution in [2.45, 2.75) is 44.2 Å². The zero-order chi connectivity index (χ0) is 12.7. The predicted octanol–water partition coefficient (Wildman–Crippen LogP) is 2.48. The summed E-state index contributed by atoms with van der Waals surface area (Å²) in [7, 11) is 1.43. The van der Waals surface area contributed by atoms with Crippen molar-refractivity contribution in [3.63, 3.8) is 0 Å². The standard InChI is InChI=1S/C12H20N2O2S/c1-4-5-14-9-13-7-11(14)8-17-10(2)6-12(15)16-3/h7,9-10H,4-6,8H2,1-3H3. The topological polar surface area (TPSA) is 44.1 Å². The number of carbonyl (C=O) groups is 1. The van der Waals surface area contributed by atoms with E-state index in [1.165, 1.54) is 12.8 Å². The van der Waals surface area contributed by atoms with Crippen LogP contribution in [0.25, 0.3) is 0 Å². The third kappa shape index (κ3) is 4.81. The van der Waals surface area contributed by atoms with Gasteiger partial charge in [-0.25, -0.2) is 4.98 Å². The minimum absolute atomic E-state index is 0.146. The van der Waals surface area contributed by atoms with Gasteiger partial charge in [0.05, 0.1) is 19.9 Å². The first-order chi connectivity index (χ1) is 8.17. The van der Waals surface area contributed by atoms with Gasteiger partial charge in [0.1, 0.15) is 0 Å². The van der Waals surface area contributed by atoms with E-state index in [0.29, 0.717) is 6.42 Å². The Morgan fingerprint density at radius 3 is 3.06 bits per heavy atom. The van der Waals surface area contributed by atoms with Crippen LogP contribution in [0.15, 0.2) is 12.5 Å². The number of nitrogens with zero attached hydrogens (tertiary/aromatic N) is 2. The number of rotatable bonds is 7. The van der Waals surface area contributed by atoms with Crippen LogP contribution in [0.3, 0.4) is 0 Å². The number of thioether (sulfide) groups is 1. The molecule has 0 amide bonds. The maximum absolute atomic E-state index is 11.1. The van der Waals surface area contributed by atoms with Gasteiger partial charge in [0.2, 0.25) is 0 Å². The molecule has 1 unspecified atom stereocenters. The number of ether oxygens (including phenoxy) is 1. The average Bonchev–Trinajstić information content (AvgIpc) is 2.74. The fourth-order valence-corrected chi connectivity index (χ4v) is 2.46. The van der Waals surface area contributed by atoms with Gasteiger partial charge in [-0.2, -0.15) is 11.8 Å². The van der Waals surface area contributed by atoms with Crippen LogP contribution in [0.5, 0.6) is 0 Å². The molecule has 0 aliphatic heterocycles. The highest BCUT2D eigenvalue weighted by Crippen LogP contribution is 2.20. The molecule has 96 valence electrons. The highest BCUT2D eigenvalue weighted by molar-refractivity contribution is 7.99. The van der Waals surface area contributed by atoms with E-state index in [2.05, 4.69) is 21.2 Å². The summed E-state index contributed by atoms with van der Waals surface area (Å²) in [6.45, 7) is 5.19. The minimum atomic E-state index is -0.146. The number of methoxy groups -OCH3 is 1. The van der Waals surface area contributed by atoms with Gasteiger partial charge in [-0.05, 0) is 6.42 Å². The molecule has 0 bridgehead atoms. The summed E-state index contributed by atoms with van der Waals surface area (Å²) in [5.74, 6) is 0.741. The molecular weight excluding hydrogens is 236 g/mol. The Labute approximate surface area is 107 Å². The van der Waals surface area contributed by atoms with E-state index in [9.17, 15) is 4.79 Å². The molecule has 1 rings (SSSR count). The van der Waals surface area contributed by atoms with Crippen LogP contribution >= 0.6 is 11.8 Å². The number of hydrogen-bond acceptors (Lipinski definition) is 4. The molecule has 1 aromatic rings.